The number of oxime groups is 1. The number of allylic oxidation sites excluding steroid dienone is 10. The van der Waals surface area contributed by atoms with Crippen LogP contribution in [0.3, 0.4) is 0 Å². The van der Waals surface area contributed by atoms with Gasteiger partial charge in [0.25, 0.3) is 0 Å². The third kappa shape index (κ3) is 2.86. The number of aromatic amines is 1. The van der Waals surface area contributed by atoms with Gasteiger partial charge in [0.1, 0.15) is 5.71 Å². The van der Waals surface area contributed by atoms with Gasteiger partial charge in [0.2, 0.25) is 0 Å². The van der Waals surface area contributed by atoms with Crippen LogP contribution < -0.4 is 5.69 Å². The number of fused-ring (bicyclic) bond motifs is 2. The van der Waals surface area contributed by atoms with Crippen molar-refractivity contribution in [2.75, 3.05) is 0 Å². The van der Waals surface area contributed by atoms with Crippen LogP contribution in [0.5, 0.6) is 0 Å². The second kappa shape index (κ2) is 6.51. The van der Waals surface area contributed by atoms with Crippen LogP contribution in [0, 0.1) is 0 Å². The van der Waals surface area contributed by atoms with Crippen molar-refractivity contribution in [2.24, 2.45) is 9.55 Å². The molecule has 1 unspecified atom stereocenters. The molecule has 1 aromatic rings. The van der Waals surface area contributed by atoms with Crippen LogP contribution >= 0.6 is 11.9 Å². The molecular weight excluding hydrogens is 360 g/mol. The summed E-state index contributed by atoms with van der Waals surface area (Å²) in [6.45, 7) is 0. The topological polar surface area (TPSA) is 79.7 Å². The Bertz CT molecular complexity index is 1130. The first-order valence-corrected chi connectivity index (χ1v) is 9.29. The fourth-order valence-electron chi connectivity index (χ4n) is 3.40. The van der Waals surface area contributed by atoms with Gasteiger partial charge in [-0.3, -0.25) is 0 Å². The zero-order valence-corrected chi connectivity index (χ0v) is 14.9. The highest BCUT2D eigenvalue weighted by atomic mass is 32.2. The Balaban J connectivity index is 1.64. The molecule has 3 heterocycles. The van der Waals surface area contributed by atoms with Gasteiger partial charge in [-0.15, -0.1) is 0 Å². The summed E-state index contributed by atoms with van der Waals surface area (Å²) in [6, 6.07) is 1.82. The Kier molecular flexibility index (Phi) is 3.86. The highest BCUT2D eigenvalue weighted by Crippen LogP contribution is 2.43. The van der Waals surface area contributed by atoms with Gasteiger partial charge in [-0.05, 0) is 36.3 Å². The number of hydrogen-bond acceptors (Lipinski definition) is 6. The van der Waals surface area contributed by atoms with Gasteiger partial charge in [0.15, 0.2) is 5.76 Å². The summed E-state index contributed by atoms with van der Waals surface area (Å²) in [4.78, 5) is 24.9. The molecule has 0 bridgehead atoms. The average Bonchev–Trinajstić information content (AvgIpc) is 2.72. The first-order chi connectivity index (χ1) is 13.3. The van der Waals surface area contributed by atoms with E-state index in [2.05, 4.69) is 31.7 Å². The lowest BCUT2D eigenvalue weighted by Gasteiger charge is -2.27. The van der Waals surface area contributed by atoms with Crippen LogP contribution in [0.1, 0.15) is 18.0 Å². The molecule has 0 amide bonds. The third-order valence-corrected chi connectivity index (χ3v) is 5.41. The number of nitrogens with one attached hydrogen (secondary N) is 1. The smallest absolute Gasteiger partial charge is 0.345 e. The van der Waals surface area contributed by atoms with Gasteiger partial charge < -0.3 is 9.82 Å². The minimum Gasteiger partial charge on any atom is -0.356 e. The van der Waals surface area contributed by atoms with Crippen LogP contribution in [-0.2, 0) is 4.84 Å². The molecule has 0 aromatic carbocycles. The largest absolute Gasteiger partial charge is 0.356 e. The molecule has 2 aliphatic heterocycles. The van der Waals surface area contributed by atoms with Crippen LogP contribution in [0.4, 0.5) is 0 Å². The van der Waals surface area contributed by atoms with E-state index < -0.39 is 0 Å². The molecule has 27 heavy (non-hydrogen) atoms. The number of nitrogens with zero attached hydrogens (tertiary/aromatic N) is 3. The van der Waals surface area contributed by atoms with Gasteiger partial charge in [0, 0.05) is 52.0 Å². The monoisotopic (exact) mass is 374 g/mol. The predicted molar refractivity (Wildman–Crippen MR) is 106 cm³/mol. The lowest BCUT2D eigenvalue weighted by atomic mass is 9.85. The fraction of sp³-hybridized carbons (Fsp3) is 0.100. The molecule has 0 saturated carbocycles. The van der Waals surface area contributed by atoms with Crippen molar-refractivity contribution in [1.29, 1.82) is 0 Å². The number of rotatable bonds is 2. The van der Waals surface area contributed by atoms with Gasteiger partial charge >= 0.3 is 5.69 Å². The molecule has 4 aliphatic rings. The van der Waals surface area contributed by atoms with Crippen molar-refractivity contribution in [3.63, 3.8) is 0 Å². The van der Waals surface area contributed by atoms with E-state index in [1.54, 1.807) is 0 Å². The number of H-pyrrole nitrogens is 1. The van der Waals surface area contributed by atoms with Crippen molar-refractivity contribution in [3.05, 3.63) is 98.4 Å². The highest BCUT2D eigenvalue weighted by molar-refractivity contribution is 8.02. The summed E-state index contributed by atoms with van der Waals surface area (Å²) in [5, 5.41) is 4.32. The van der Waals surface area contributed by atoms with Crippen LogP contribution in [0.2, 0.25) is 0 Å². The molecule has 1 N–H and O–H groups in total. The van der Waals surface area contributed by atoms with Crippen molar-refractivity contribution >= 4 is 23.9 Å². The molecular formula is C20H14N4O2S. The first-order valence-electron chi connectivity index (χ1n) is 8.51. The molecule has 5 rings (SSSR count). The number of aromatic nitrogens is 2. The maximum Gasteiger partial charge on any atom is 0.345 e. The van der Waals surface area contributed by atoms with Crippen LogP contribution in [0.15, 0.2) is 96.5 Å². The SMILES string of the molecule is O=c1nccc(C2C=CC=C3SN=CC(C4=NOC5=CC=CCC5=C4)=C32)[nH]1. The zero-order chi connectivity index (χ0) is 18.2. The average molecular weight is 374 g/mol. The molecule has 0 saturated heterocycles. The van der Waals surface area contributed by atoms with Crippen molar-refractivity contribution in [3.8, 4) is 0 Å². The second-order valence-electron chi connectivity index (χ2n) is 6.28. The maximum absolute atomic E-state index is 11.7. The molecule has 2 aliphatic carbocycles. The molecule has 1 aromatic heterocycles. The van der Waals surface area contributed by atoms with Crippen LogP contribution in [0.25, 0.3) is 0 Å². The Morgan fingerprint density at radius 3 is 3.15 bits per heavy atom. The molecule has 132 valence electrons. The summed E-state index contributed by atoms with van der Waals surface area (Å²) in [5.41, 5.74) is 4.20. The first kappa shape index (κ1) is 16.0. The molecule has 0 fully saturated rings. The van der Waals surface area contributed by atoms with E-state index in [1.807, 2.05) is 42.7 Å². The van der Waals surface area contributed by atoms with Crippen molar-refractivity contribution in [1.82, 2.24) is 9.97 Å². The van der Waals surface area contributed by atoms with E-state index in [0.717, 1.165) is 45.2 Å². The van der Waals surface area contributed by atoms with Gasteiger partial charge in [-0.2, -0.15) is 0 Å². The summed E-state index contributed by atoms with van der Waals surface area (Å²) in [7, 11) is 0. The van der Waals surface area contributed by atoms with E-state index >= 15 is 0 Å². The fourth-order valence-corrected chi connectivity index (χ4v) is 4.15. The number of hydrogen-bond donors (Lipinski definition) is 1. The predicted octanol–water partition coefficient (Wildman–Crippen LogP) is 3.49. The van der Waals surface area contributed by atoms with E-state index in [-0.39, 0.29) is 11.6 Å². The Hall–Kier alpha value is -3.19. The standard InChI is InChI=1S/C20H14N4O2S/c25-20-21-9-8-15(23-20)13-5-3-7-18-19(13)14(11-22-27-18)16-10-12-4-1-2-6-17(12)26-24-16/h1-3,5-11,13H,4H2,(H,21,23,25). The van der Waals surface area contributed by atoms with Crippen molar-refractivity contribution in [2.45, 2.75) is 12.3 Å². The summed E-state index contributed by atoms with van der Waals surface area (Å²) >= 11 is 1.42. The van der Waals surface area contributed by atoms with E-state index in [0.29, 0.717) is 0 Å². The van der Waals surface area contributed by atoms with Crippen LogP contribution in [-0.4, -0.2) is 21.9 Å². The quantitative estimate of drug-likeness (QED) is 0.804. The van der Waals surface area contributed by atoms with E-state index in [1.165, 1.54) is 18.1 Å². The molecule has 7 heteroatoms. The molecule has 6 nitrogen and oxygen atoms in total. The van der Waals surface area contributed by atoms with E-state index in [9.17, 15) is 4.79 Å². The Labute approximate surface area is 159 Å². The summed E-state index contributed by atoms with van der Waals surface area (Å²) < 4.78 is 4.42. The lowest BCUT2D eigenvalue weighted by Crippen LogP contribution is -2.20. The molecule has 0 spiro atoms. The summed E-state index contributed by atoms with van der Waals surface area (Å²) in [6.07, 6.45) is 18.2. The van der Waals surface area contributed by atoms with E-state index in [4.69, 9.17) is 4.84 Å². The third-order valence-electron chi connectivity index (χ3n) is 4.65. The lowest BCUT2D eigenvalue weighted by molar-refractivity contribution is 0.231. The highest BCUT2D eigenvalue weighted by Gasteiger charge is 2.29. The minimum atomic E-state index is -0.361. The van der Waals surface area contributed by atoms with Crippen molar-refractivity contribution < 1.29 is 4.84 Å². The Morgan fingerprint density at radius 2 is 2.22 bits per heavy atom. The minimum absolute atomic E-state index is 0.112. The maximum atomic E-state index is 11.7. The molecule has 1 atom stereocenters. The summed E-state index contributed by atoms with van der Waals surface area (Å²) in [5.74, 6) is 0.669. The Morgan fingerprint density at radius 1 is 1.26 bits per heavy atom. The normalized spacial score (nSPS) is 22.9. The van der Waals surface area contributed by atoms with Gasteiger partial charge in [-0.25, -0.2) is 14.2 Å². The van der Waals surface area contributed by atoms with Gasteiger partial charge in [-0.1, -0.05) is 29.5 Å². The second-order valence-corrected chi connectivity index (χ2v) is 7.11. The molecule has 0 radical (unpaired) electrons. The zero-order valence-electron chi connectivity index (χ0n) is 14.1. The van der Waals surface area contributed by atoms with Gasteiger partial charge in [0.05, 0.1) is 0 Å².